The largest absolute Gasteiger partial charge is 0.393 e. The number of allylic oxidation sites excluding steroid dienone is 8. The Morgan fingerprint density at radius 2 is 0.550 bits per heavy atom. The number of aliphatic hydroxyl groups excluding tert-OH is 1. The van der Waals surface area contributed by atoms with Gasteiger partial charge in [-0.1, -0.05) is 256 Å². The zero-order valence-corrected chi connectivity index (χ0v) is 41.7. The zero-order chi connectivity index (χ0) is 43.9. The van der Waals surface area contributed by atoms with Gasteiger partial charge in [0, 0.05) is 12.8 Å². The number of aliphatic hydroxyl groups is 1. The van der Waals surface area contributed by atoms with E-state index in [2.05, 4.69) is 76.3 Å². The van der Waals surface area contributed by atoms with Crippen LogP contribution in [0.25, 0.3) is 0 Å². The highest BCUT2D eigenvalue weighted by Gasteiger charge is 2.04. The summed E-state index contributed by atoms with van der Waals surface area (Å²) in [6.45, 7) is 9.05. The van der Waals surface area contributed by atoms with E-state index >= 15 is 0 Å². The minimum absolute atomic E-state index is 0.0429. The summed E-state index contributed by atoms with van der Waals surface area (Å²) < 4.78 is 0. The maximum Gasteiger partial charge on any atom is 0.132 e. The quantitative estimate of drug-likeness (QED) is 0.0490. The lowest BCUT2D eigenvalue weighted by Crippen LogP contribution is -2.05. The van der Waals surface area contributed by atoms with Gasteiger partial charge in [0.15, 0.2) is 0 Å². The Morgan fingerprint density at radius 3 is 0.867 bits per heavy atom. The molecule has 0 fully saturated rings. The van der Waals surface area contributed by atoms with E-state index in [0.29, 0.717) is 5.78 Å². The third-order valence-corrected chi connectivity index (χ3v) is 12.1. The first-order valence-electron chi connectivity index (χ1n) is 27.4. The molecule has 0 aromatic heterocycles. The minimum Gasteiger partial charge on any atom is -0.393 e. The van der Waals surface area contributed by atoms with Crippen molar-refractivity contribution in [2.45, 2.75) is 316 Å². The Balaban J connectivity index is 0. The van der Waals surface area contributed by atoms with Gasteiger partial charge in [0.05, 0.1) is 6.10 Å². The fraction of sp³-hybridized carbons (Fsp3) is 0.845. The Kier molecular flexibility index (Phi) is 58.2. The summed E-state index contributed by atoms with van der Waals surface area (Å²) in [5.74, 6) is 0.506. The van der Waals surface area contributed by atoms with Crippen molar-refractivity contribution in [1.29, 1.82) is 0 Å². The van der Waals surface area contributed by atoms with E-state index in [4.69, 9.17) is 0 Å². The zero-order valence-electron chi connectivity index (χ0n) is 41.7. The Morgan fingerprint density at radius 1 is 0.317 bits per heavy atom. The van der Waals surface area contributed by atoms with Crippen LogP contribution in [-0.2, 0) is 4.79 Å². The molecule has 0 heterocycles. The molecular formula is C58H110O2. The van der Waals surface area contributed by atoms with Crippen molar-refractivity contribution in [3.8, 4) is 0 Å². The van der Waals surface area contributed by atoms with Crippen molar-refractivity contribution in [3.05, 3.63) is 48.6 Å². The molecule has 0 aliphatic heterocycles. The predicted octanol–water partition coefficient (Wildman–Crippen LogP) is 20.4. The van der Waals surface area contributed by atoms with Gasteiger partial charge in [0.1, 0.15) is 5.78 Å². The molecule has 0 rings (SSSR count). The first kappa shape index (κ1) is 60.7. The summed E-state index contributed by atoms with van der Waals surface area (Å²) in [5.41, 5.74) is 0. The fourth-order valence-corrected chi connectivity index (χ4v) is 7.92. The van der Waals surface area contributed by atoms with Crippen LogP contribution in [0.1, 0.15) is 310 Å². The second-order valence-electron chi connectivity index (χ2n) is 18.4. The van der Waals surface area contributed by atoms with Crippen LogP contribution in [0.3, 0.4) is 0 Å². The normalized spacial score (nSPS) is 12.4. The summed E-state index contributed by atoms with van der Waals surface area (Å²) in [7, 11) is 0. The van der Waals surface area contributed by atoms with Crippen LogP contribution in [0.15, 0.2) is 48.6 Å². The molecule has 0 saturated carbocycles. The van der Waals surface area contributed by atoms with Crippen LogP contribution >= 0.6 is 0 Å². The monoisotopic (exact) mass is 839 g/mol. The molecule has 0 radical (unpaired) electrons. The molecule has 1 atom stereocenters. The number of hydrogen-bond donors (Lipinski definition) is 1. The van der Waals surface area contributed by atoms with Gasteiger partial charge in [-0.15, -0.1) is 0 Å². The van der Waals surface area contributed by atoms with Crippen molar-refractivity contribution in [2.24, 2.45) is 0 Å². The van der Waals surface area contributed by atoms with Crippen molar-refractivity contribution in [1.82, 2.24) is 0 Å². The molecule has 354 valence electrons. The van der Waals surface area contributed by atoms with E-state index in [0.717, 1.165) is 51.4 Å². The fourth-order valence-electron chi connectivity index (χ4n) is 7.92. The van der Waals surface area contributed by atoms with Gasteiger partial charge in [0.2, 0.25) is 0 Å². The lowest BCUT2D eigenvalue weighted by Gasteiger charge is -2.10. The van der Waals surface area contributed by atoms with Crippen LogP contribution in [-0.4, -0.2) is 17.0 Å². The SMILES string of the molecule is CCCCC/C=C\C/C=C\CCCCCCCCCC(=O)CCCCCCCCC.CCCCC/C=C\C/C=C\CCCCCCCCCC(O)CCCCCCCCC. The average Bonchev–Trinajstić information content (AvgIpc) is 3.25. The molecule has 1 unspecified atom stereocenters. The van der Waals surface area contributed by atoms with Gasteiger partial charge in [-0.05, 0) is 89.9 Å². The molecular weight excluding hydrogens is 729 g/mol. The molecule has 0 spiro atoms. The van der Waals surface area contributed by atoms with Crippen LogP contribution in [0.5, 0.6) is 0 Å². The highest BCUT2D eigenvalue weighted by Crippen LogP contribution is 2.16. The van der Waals surface area contributed by atoms with E-state index in [1.165, 1.54) is 231 Å². The summed E-state index contributed by atoms with van der Waals surface area (Å²) in [6, 6.07) is 0. The summed E-state index contributed by atoms with van der Waals surface area (Å²) in [5, 5.41) is 10.1. The molecule has 0 aliphatic rings. The average molecular weight is 840 g/mol. The van der Waals surface area contributed by atoms with E-state index in [9.17, 15) is 9.90 Å². The van der Waals surface area contributed by atoms with Crippen molar-refractivity contribution >= 4 is 5.78 Å². The Labute approximate surface area is 379 Å². The third-order valence-electron chi connectivity index (χ3n) is 12.1. The van der Waals surface area contributed by atoms with Crippen LogP contribution in [0, 0.1) is 0 Å². The summed E-state index contributed by atoms with van der Waals surface area (Å²) in [6.07, 6.45) is 74.4. The van der Waals surface area contributed by atoms with E-state index in [-0.39, 0.29) is 6.10 Å². The molecule has 2 nitrogen and oxygen atoms in total. The smallest absolute Gasteiger partial charge is 0.132 e. The molecule has 0 amide bonds. The van der Waals surface area contributed by atoms with Crippen molar-refractivity contribution in [3.63, 3.8) is 0 Å². The molecule has 0 aliphatic carbocycles. The van der Waals surface area contributed by atoms with Gasteiger partial charge in [-0.25, -0.2) is 0 Å². The Hall–Kier alpha value is -1.41. The van der Waals surface area contributed by atoms with Gasteiger partial charge in [0.25, 0.3) is 0 Å². The standard InChI is InChI=1S/C29H56O.C29H54O/c2*1-3-5-7-9-11-12-13-14-15-16-17-18-19-20-22-24-26-28-29(30)27-25-23-21-10-8-6-4-2/h11-12,14-15,29-30H,3-10,13,16-28H2,1-2H3;11-12,14-15H,3-10,13,16-28H2,1-2H3/b2*12-11-,15-14-. The first-order chi connectivity index (χ1) is 29.6. The Bertz CT molecular complexity index is 896. The number of carbonyl (C=O) groups excluding carboxylic acids is 1. The third kappa shape index (κ3) is 58.7. The maximum atomic E-state index is 11.9. The lowest BCUT2D eigenvalue weighted by molar-refractivity contribution is -0.119. The van der Waals surface area contributed by atoms with E-state index in [1.54, 1.807) is 0 Å². The van der Waals surface area contributed by atoms with Gasteiger partial charge < -0.3 is 5.11 Å². The second kappa shape index (κ2) is 57.6. The van der Waals surface area contributed by atoms with Gasteiger partial charge in [-0.2, -0.15) is 0 Å². The van der Waals surface area contributed by atoms with E-state index < -0.39 is 0 Å². The molecule has 0 bridgehead atoms. The van der Waals surface area contributed by atoms with E-state index in [1.807, 2.05) is 0 Å². The maximum absolute atomic E-state index is 11.9. The number of rotatable bonds is 48. The lowest BCUT2D eigenvalue weighted by atomic mass is 10.0. The molecule has 2 heteroatoms. The van der Waals surface area contributed by atoms with Crippen LogP contribution < -0.4 is 0 Å². The highest BCUT2D eigenvalue weighted by atomic mass is 16.3. The molecule has 0 aromatic rings. The van der Waals surface area contributed by atoms with Gasteiger partial charge >= 0.3 is 0 Å². The molecule has 0 aromatic carbocycles. The summed E-state index contributed by atoms with van der Waals surface area (Å²) >= 11 is 0. The van der Waals surface area contributed by atoms with Crippen molar-refractivity contribution < 1.29 is 9.90 Å². The topological polar surface area (TPSA) is 37.3 Å². The highest BCUT2D eigenvalue weighted by molar-refractivity contribution is 5.78. The molecule has 60 heavy (non-hydrogen) atoms. The molecule has 1 N–H and O–H groups in total. The minimum atomic E-state index is -0.0429. The van der Waals surface area contributed by atoms with Gasteiger partial charge in [-0.3, -0.25) is 4.79 Å². The van der Waals surface area contributed by atoms with Crippen LogP contribution in [0.2, 0.25) is 0 Å². The second-order valence-corrected chi connectivity index (χ2v) is 18.4. The number of ketones is 1. The summed E-state index contributed by atoms with van der Waals surface area (Å²) in [4.78, 5) is 11.9. The predicted molar refractivity (Wildman–Crippen MR) is 273 cm³/mol. The first-order valence-corrected chi connectivity index (χ1v) is 27.4. The van der Waals surface area contributed by atoms with Crippen molar-refractivity contribution in [2.75, 3.05) is 0 Å². The molecule has 0 saturated heterocycles. The number of unbranched alkanes of at least 4 members (excludes halogenated alkanes) is 32. The number of carbonyl (C=O) groups is 1. The number of hydrogen-bond acceptors (Lipinski definition) is 2. The number of Topliss-reactive ketones (excluding diaryl/α,β-unsaturated/α-hetero) is 1. The van der Waals surface area contributed by atoms with Crippen LogP contribution in [0.4, 0.5) is 0 Å².